The van der Waals surface area contributed by atoms with Crippen LogP contribution in [0.5, 0.6) is 0 Å². The van der Waals surface area contributed by atoms with E-state index in [0.717, 1.165) is 12.1 Å². The summed E-state index contributed by atoms with van der Waals surface area (Å²) >= 11 is 0. The van der Waals surface area contributed by atoms with E-state index in [2.05, 4.69) is 12.2 Å². The van der Waals surface area contributed by atoms with Gasteiger partial charge >= 0.3 is 0 Å². The monoisotopic (exact) mass is 95.1 g/mol. The van der Waals surface area contributed by atoms with E-state index in [9.17, 15) is 0 Å². The van der Waals surface area contributed by atoms with Crippen molar-refractivity contribution in [1.82, 2.24) is 0 Å². The van der Waals surface area contributed by atoms with Gasteiger partial charge in [0.25, 0.3) is 0 Å². The number of hydrogen-bond donors (Lipinski definition) is 1. The first-order valence-corrected chi connectivity index (χ1v) is 2.42. The molecule has 2 N–H and O–H groups in total. The normalized spacial score (nSPS) is 19.0. The fourth-order valence-corrected chi connectivity index (χ4v) is 0.631. The van der Waals surface area contributed by atoms with E-state index in [0.29, 0.717) is 0 Å². The maximum absolute atomic E-state index is 5.50. The van der Waals surface area contributed by atoms with Crippen LogP contribution < -0.4 is 5.73 Å². The molecule has 0 saturated heterocycles. The third kappa shape index (κ3) is 0.660. The van der Waals surface area contributed by atoms with Gasteiger partial charge in [-0.15, -0.1) is 0 Å². The van der Waals surface area contributed by atoms with Crippen LogP contribution in [0.25, 0.3) is 0 Å². The van der Waals surface area contributed by atoms with E-state index in [-0.39, 0.29) is 0 Å². The van der Waals surface area contributed by atoms with Crippen LogP contribution in [-0.2, 0) is 0 Å². The Labute approximate surface area is 43.5 Å². The molecule has 1 rings (SSSR count). The molecule has 1 nitrogen and oxygen atoms in total. The summed E-state index contributed by atoms with van der Waals surface area (Å²) in [4.78, 5) is 0. The molecule has 0 spiro atoms. The van der Waals surface area contributed by atoms with Gasteiger partial charge in [0, 0.05) is 12.1 Å². The van der Waals surface area contributed by atoms with Gasteiger partial charge in [-0.25, -0.2) is 0 Å². The molecule has 0 bridgehead atoms. The van der Waals surface area contributed by atoms with E-state index < -0.39 is 0 Å². The van der Waals surface area contributed by atoms with Crippen molar-refractivity contribution in [2.45, 2.75) is 13.3 Å². The van der Waals surface area contributed by atoms with Gasteiger partial charge < -0.3 is 5.73 Å². The van der Waals surface area contributed by atoms with Gasteiger partial charge in [0.1, 0.15) is 0 Å². The highest BCUT2D eigenvalue weighted by Gasteiger charge is 1.96. The van der Waals surface area contributed by atoms with Crippen LogP contribution in [0, 0.1) is 0 Å². The lowest BCUT2D eigenvalue weighted by molar-refractivity contribution is 1.17. The summed E-state index contributed by atoms with van der Waals surface area (Å²) in [5, 5.41) is 0. The Morgan fingerprint density at radius 1 is 1.71 bits per heavy atom. The Morgan fingerprint density at radius 2 is 2.43 bits per heavy atom. The summed E-state index contributed by atoms with van der Waals surface area (Å²) in [6.45, 7) is 2.03. The molecule has 0 unspecified atom stereocenters. The first-order valence-electron chi connectivity index (χ1n) is 2.42. The first-order chi connectivity index (χ1) is 3.30. The molecule has 38 valence electrons. The second-order valence-corrected chi connectivity index (χ2v) is 1.81. The average Bonchev–Trinajstić information content (AvgIpc) is 1.91. The summed E-state index contributed by atoms with van der Waals surface area (Å²) in [5.41, 5.74) is 7.73. The van der Waals surface area contributed by atoms with Crippen LogP contribution in [-0.4, -0.2) is 0 Å². The molecule has 0 aromatic carbocycles. The fourth-order valence-electron chi connectivity index (χ4n) is 0.631. The zero-order valence-corrected chi connectivity index (χ0v) is 4.44. The maximum atomic E-state index is 5.50. The van der Waals surface area contributed by atoms with E-state index >= 15 is 0 Å². The lowest BCUT2D eigenvalue weighted by Gasteiger charge is -1.88. The maximum Gasteiger partial charge on any atom is 0.0148 e. The predicted molar refractivity (Wildman–Crippen MR) is 30.6 cm³/mol. The Bertz CT molecular complexity index is 131. The van der Waals surface area contributed by atoms with Crippen molar-refractivity contribution >= 4 is 0 Å². The van der Waals surface area contributed by atoms with Crippen molar-refractivity contribution in [3.63, 3.8) is 0 Å². The third-order valence-electron chi connectivity index (χ3n) is 1.21. The van der Waals surface area contributed by atoms with Gasteiger partial charge in [-0.2, -0.15) is 0 Å². The molecule has 0 aromatic rings. The highest BCUT2D eigenvalue weighted by molar-refractivity contribution is 5.29. The number of allylic oxidation sites excluding steroid dienone is 3. The quantitative estimate of drug-likeness (QED) is 0.480. The molecular formula is C6H9N. The minimum Gasteiger partial charge on any atom is -0.402 e. The van der Waals surface area contributed by atoms with Crippen molar-refractivity contribution in [3.05, 3.63) is 23.4 Å². The van der Waals surface area contributed by atoms with Crippen LogP contribution >= 0.6 is 0 Å². The molecule has 0 atom stereocenters. The zero-order valence-electron chi connectivity index (χ0n) is 4.44. The van der Waals surface area contributed by atoms with Crippen LogP contribution in [0.1, 0.15) is 13.3 Å². The van der Waals surface area contributed by atoms with Gasteiger partial charge in [0.2, 0.25) is 0 Å². The molecule has 1 aliphatic carbocycles. The molecule has 1 aliphatic rings. The number of rotatable bonds is 0. The second kappa shape index (κ2) is 1.41. The van der Waals surface area contributed by atoms with E-state index in [1.165, 1.54) is 5.57 Å². The van der Waals surface area contributed by atoms with Gasteiger partial charge in [0.05, 0.1) is 0 Å². The first kappa shape index (κ1) is 4.44. The van der Waals surface area contributed by atoms with Gasteiger partial charge in [-0.1, -0.05) is 12.2 Å². The molecule has 0 saturated carbocycles. The summed E-state index contributed by atoms with van der Waals surface area (Å²) in [6, 6.07) is 0. The SMILES string of the molecule is CC1=C(N)CC=C1. The Hall–Kier alpha value is -0.720. The molecule has 7 heavy (non-hydrogen) atoms. The van der Waals surface area contributed by atoms with Gasteiger partial charge in [-0.05, 0) is 12.5 Å². The molecule has 0 radical (unpaired) electrons. The number of hydrogen-bond acceptors (Lipinski definition) is 1. The largest absolute Gasteiger partial charge is 0.402 e. The second-order valence-electron chi connectivity index (χ2n) is 1.81. The van der Waals surface area contributed by atoms with Crippen LogP contribution in [0.15, 0.2) is 23.4 Å². The van der Waals surface area contributed by atoms with Crippen molar-refractivity contribution in [1.29, 1.82) is 0 Å². The van der Waals surface area contributed by atoms with E-state index in [4.69, 9.17) is 5.73 Å². The molecule has 0 aromatic heterocycles. The lowest BCUT2D eigenvalue weighted by Crippen LogP contribution is -1.93. The van der Waals surface area contributed by atoms with Crippen molar-refractivity contribution < 1.29 is 0 Å². The zero-order chi connectivity index (χ0) is 5.28. The fraction of sp³-hybridized carbons (Fsp3) is 0.333. The topological polar surface area (TPSA) is 26.0 Å². The van der Waals surface area contributed by atoms with Crippen LogP contribution in [0.4, 0.5) is 0 Å². The van der Waals surface area contributed by atoms with Crippen LogP contribution in [0.3, 0.4) is 0 Å². The van der Waals surface area contributed by atoms with E-state index in [1.807, 2.05) is 6.92 Å². The minimum absolute atomic E-state index is 0.950. The van der Waals surface area contributed by atoms with Gasteiger partial charge in [-0.3, -0.25) is 0 Å². The molecular weight excluding hydrogens is 86.1 g/mol. The standard InChI is InChI=1S/C6H9N/c1-5-3-2-4-6(5)7/h2-3H,4,7H2,1H3. The highest BCUT2D eigenvalue weighted by atomic mass is 14.6. The Morgan fingerprint density at radius 3 is 2.57 bits per heavy atom. The molecule has 0 amide bonds. The van der Waals surface area contributed by atoms with E-state index in [1.54, 1.807) is 0 Å². The summed E-state index contributed by atoms with van der Waals surface area (Å²) < 4.78 is 0. The van der Waals surface area contributed by atoms with Crippen molar-refractivity contribution in [3.8, 4) is 0 Å². The molecule has 0 heterocycles. The predicted octanol–water partition coefficient (Wildman–Crippen LogP) is 1.18. The van der Waals surface area contributed by atoms with Gasteiger partial charge in [0.15, 0.2) is 0 Å². The third-order valence-corrected chi connectivity index (χ3v) is 1.21. The molecule has 0 aliphatic heterocycles. The van der Waals surface area contributed by atoms with Crippen molar-refractivity contribution in [2.75, 3.05) is 0 Å². The highest BCUT2D eigenvalue weighted by Crippen LogP contribution is 2.11. The lowest BCUT2D eigenvalue weighted by atomic mass is 10.3. The smallest absolute Gasteiger partial charge is 0.0148 e. The molecule has 1 heteroatoms. The summed E-state index contributed by atoms with van der Waals surface area (Å²) in [7, 11) is 0. The molecule has 0 fully saturated rings. The minimum atomic E-state index is 0.950. The number of nitrogens with two attached hydrogens (primary N) is 1. The van der Waals surface area contributed by atoms with Crippen molar-refractivity contribution in [2.24, 2.45) is 5.73 Å². The van der Waals surface area contributed by atoms with Crippen LogP contribution in [0.2, 0.25) is 0 Å². The Balaban J connectivity index is 2.79. The average molecular weight is 95.1 g/mol. The summed E-state index contributed by atoms with van der Waals surface area (Å²) in [5.74, 6) is 0. The summed E-state index contributed by atoms with van der Waals surface area (Å²) in [6.07, 6.45) is 5.08. The Kier molecular flexibility index (Phi) is 0.895.